The first-order chi connectivity index (χ1) is 14.9. The number of Topliss-reactive ketones (excluding diaryl/α,β-unsaturated/α-hetero) is 1. The zero-order valence-electron chi connectivity index (χ0n) is 18.2. The number of nitrogens with zero attached hydrogens (tertiary/aromatic N) is 2. The topological polar surface area (TPSA) is 91.7 Å². The summed E-state index contributed by atoms with van der Waals surface area (Å²) in [6.07, 6.45) is 0. The molecule has 0 saturated carbocycles. The van der Waals surface area contributed by atoms with E-state index in [1.165, 1.54) is 21.3 Å². The molecule has 0 aliphatic carbocycles. The highest BCUT2D eigenvalue weighted by Crippen LogP contribution is 2.38. The van der Waals surface area contributed by atoms with Crippen molar-refractivity contribution in [2.24, 2.45) is 0 Å². The number of nitrogens with one attached hydrogen (secondary N) is 1. The van der Waals surface area contributed by atoms with Crippen molar-refractivity contribution >= 4 is 11.7 Å². The van der Waals surface area contributed by atoms with Gasteiger partial charge in [-0.05, 0) is 43.7 Å². The minimum absolute atomic E-state index is 0.117. The number of methoxy groups -OCH3 is 3. The smallest absolute Gasteiger partial charge is 0.292 e. The molecule has 0 fully saturated rings. The van der Waals surface area contributed by atoms with Gasteiger partial charge >= 0.3 is 0 Å². The molecule has 0 radical (unpaired) electrons. The fraction of sp³-hybridized carbons (Fsp3) is 0.261. The summed E-state index contributed by atoms with van der Waals surface area (Å²) >= 11 is 0. The molecule has 3 rings (SSSR count). The highest BCUT2D eigenvalue weighted by molar-refractivity contribution is 6.43. The average molecular weight is 423 g/mol. The molecule has 8 heteroatoms. The van der Waals surface area contributed by atoms with Gasteiger partial charge in [-0.3, -0.25) is 9.59 Å². The van der Waals surface area contributed by atoms with Crippen molar-refractivity contribution in [3.8, 4) is 22.9 Å². The summed E-state index contributed by atoms with van der Waals surface area (Å²) in [4.78, 5) is 25.5. The van der Waals surface area contributed by atoms with Crippen molar-refractivity contribution in [2.75, 3.05) is 21.3 Å². The molecule has 162 valence electrons. The first-order valence-corrected chi connectivity index (χ1v) is 9.64. The third kappa shape index (κ3) is 4.37. The van der Waals surface area contributed by atoms with Crippen LogP contribution in [0.25, 0.3) is 5.69 Å². The predicted octanol–water partition coefficient (Wildman–Crippen LogP) is 3.01. The third-order valence-corrected chi connectivity index (χ3v) is 4.90. The van der Waals surface area contributed by atoms with E-state index in [9.17, 15) is 9.59 Å². The Balaban J connectivity index is 1.80. The number of hydrogen-bond acceptors (Lipinski definition) is 6. The summed E-state index contributed by atoms with van der Waals surface area (Å²) in [6, 6.07) is 12.9. The average Bonchev–Trinajstić information content (AvgIpc) is 3.10. The molecular weight excluding hydrogens is 398 g/mol. The Kier molecular flexibility index (Phi) is 6.59. The van der Waals surface area contributed by atoms with Gasteiger partial charge < -0.3 is 19.5 Å². The first kappa shape index (κ1) is 21.9. The fourth-order valence-electron chi connectivity index (χ4n) is 3.41. The third-order valence-electron chi connectivity index (χ3n) is 4.90. The number of amides is 1. The van der Waals surface area contributed by atoms with Gasteiger partial charge in [-0.25, -0.2) is 4.68 Å². The van der Waals surface area contributed by atoms with Crippen molar-refractivity contribution in [3.05, 3.63) is 65.0 Å². The summed E-state index contributed by atoms with van der Waals surface area (Å²) in [6.45, 7) is 3.60. The maximum Gasteiger partial charge on any atom is 0.292 e. The van der Waals surface area contributed by atoms with Crippen LogP contribution in [0.5, 0.6) is 17.2 Å². The second kappa shape index (κ2) is 9.34. The molecule has 2 aromatic carbocycles. The Bertz CT molecular complexity index is 1080. The van der Waals surface area contributed by atoms with E-state index in [-0.39, 0.29) is 6.54 Å². The molecular formula is C23H25N3O5. The van der Waals surface area contributed by atoms with Crippen LogP contribution in [-0.4, -0.2) is 42.8 Å². The largest absolute Gasteiger partial charge is 0.493 e. The molecule has 31 heavy (non-hydrogen) atoms. The summed E-state index contributed by atoms with van der Waals surface area (Å²) < 4.78 is 17.6. The van der Waals surface area contributed by atoms with Gasteiger partial charge in [0.15, 0.2) is 11.5 Å². The lowest BCUT2D eigenvalue weighted by Gasteiger charge is -2.14. The minimum atomic E-state index is -0.715. The number of carbonyl (C=O) groups is 2. The standard InChI is InChI=1S/C23H25N3O5/c1-14-20(15(2)26(25-14)17-9-7-6-8-10-17)21(27)23(28)24-13-16-11-18(29-3)22(31-5)19(12-16)30-4/h6-12H,13H2,1-5H3,(H,24,28). The van der Waals surface area contributed by atoms with E-state index >= 15 is 0 Å². The van der Waals surface area contributed by atoms with E-state index < -0.39 is 11.7 Å². The highest BCUT2D eigenvalue weighted by Gasteiger charge is 2.25. The predicted molar refractivity (Wildman–Crippen MR) is 115 cm³/mol. The number of benzene rings is 2. The van der Waals surface area contributed by atoms with Gasteiger partial charge in [0.25, 0.3) is 11.7 Å². The van der Waals surface area contributed by atoms with Crippen molar-refractivity contribution in [2.45, 2.75) is 20.4 Å². The van der Waals surface area contributed by atoms with Crippen LogP contribution in [0.15, 0.2) is 42.5 Å². The lowest BCUT2D eigenvalue weighted by Crippen LogP contribution is -2.31. The summed E-state index contributed by atoms with van der Waals surface area (Å²) in [7, 11) is 4.54. The van der Waals surface area contributed by atoms with Crippen molar-refractivity contribution in [3.63, 3.8) is 0 Å². The molecule has 1 N–H and O–H groups in total. The van der Waals surface area contributed by atoms with Gasteiger partial charge in [0.1, 0.15) is 0 Å². The van der Waals surface area contributed by atoms with Gasteiger partial charge in [-0.15, -0.1) is 0 Å². The van der Waals surface area contributed by atoms with Gasteiger partial charge in [0, 0.05) is 6.54 Å². The monoisotopic (exact) mass is 423 g/mol. The van der Waals surface area contributed by atoms with Crippen LogP contribution >= 0.6 is 0 Å². The number of para-hydroxylation sites is 1. The number of aromatic nitrogens is 2. The van der Waals surface area contributed by atoms with Crippen LogP contribution in [-0.2, 0) is 11.3 Å². The van der Waals surface area contributed by atoms with Crippen LogP contribution < -0.4 is 19.5 Å². The quantitative estimate of drug-likeness (QED) is 0.442. The fourth-order valence-corrected chi connectivity index (χ4v) is 3.41. The molecule has 3 aromatic rings. The van der Waals surface area contributed by atoms with E-state index in [0.29, 0.717) is 39.8 Å². The summed E-state index contributed by atoms with van der Waals surface area (Å²) in [5.74, 6) is 0.0365. The Morgan fingerprint density at radius 3 is 2.13 bits per heavy atom. The molecule has 0 aliphatic heterocycles. The van der Waals surface area contributed by atoms with Gasteiger partial charge in [0.2, 0.25) is 5.75 Å². The maximum atomic E-state index is 12.9. The second-order valence-electron chi connectivity index (χ2n) is 6.84. The molecule has 1 heterocycles. The van der Waals surface area contributed by atoms with E-state index in [1.54, 1.807) is 30.7 Å². The summed E-state index contributed by atoms with van der Waals surface area (Å²) in [5.41, 5.74) is 2.92. The molecule has 0 saturated heterocycles. The van der Waals surface area contributed by atoms with Gasteiger partial charge in [-0.1, -0.05) is 18.2 Å². The highest BCUT2D eigenvalue weighted by atomic mass is 16.5. The Labute approximate surface area is 180 Å². The zero-order chi connectivity index (χ0) is 22.5. The van der Waals surface area contributed by atoms with Crippen molar-refractivity contribution in [1.82, 2.24) is 15.1 Å². The SMILES string of the molecule is COc1cc(CNC(=O)C(=O)c2c(C)nn(-c3ccccc3)c2C)cc(OC)c1OC. The van der Waals surface area contributed by atoms with Gasteiger partial charge in [-0.2, -0.15) is 5.10 Å². The Hall–Kier alpha value is -3.81. The molecule has 0 aliphatic rings. The molecule has 1 amide bonds. The van der Waals surface area contributed by atoms with Gasteiger partial charge in [0.05, 0.1) is 44.0 Å². The number of aryl methyl sites for hydroxylation is 1. The molecule has 0 bridgehead atoms. The lowest BCUT2D eigenvalue weighted by atomic mass is 10.1. The number of rotatable bonds is 8. The van der Waals surface area contributed by atoms with Crippen LogP contribution in [0.1, 0.15) is 27.3 Å². The molecule has 0 atom stereocenters. The number of ketones is 1. The Morgan fingerprint density at radius 1 is 0.968 bits per heavy atom. The lowest BCUT2D eigenvalue weighted by molar-refractivity contribution is -0.117. The molecule has 1 aromatic heterocycles. The minimum Gasteiger partial charge on any atom is -0.493 e. The summed E-state index contributed by atoms with van der Waals surface area (Å²) in [5, 5.41) is 7.10. The van der Waals surface area contributed by atoms with E-state index in [4.69, 9.17) is 14.2 Å². The van der Waals surface area contributed by atoms with E-state index in [1.807, 2.05) is 30.3 Å². The normalized spacial score (nSPS) is 10.5. The van der Waals surface area contributed by atoms with Crippen LogP contribution in [0.2, 0.25) is 0 Å². The second-order valence-corrected chi connectivity index (χ2v) is 6.84. The van der Waals surface area contributed by atoms with Crippen molar-refractivity contribution in [1.29, 1.82) is 0 Å². The number of hydrogen-bond donors (Lipinski definition) is 1. The van der Waals surface area contributed by atoms with Crippen molar-refractivity contribution < 1.29 is 23.8 Å². The van der Waals surface area contributed by atoms with E-state index in [0.717, 1.165) is 5.69 Å². The van der Waals surface area contributed by atoms with Crippen LogP contribution in [0.4, 0.5) is 0 Å². The first-order valence-electron chi connectivity index (χ1n) is 9.64. The number of ether oxygens (including phenoxy) is 3. The zero-order valence-corrected chi connectivity index (χ0v) is 18.2. The van der Waals surface area contributed by atoms with E-state index in [2.05, 4.69) is 10.4 Å². The van der Waals surface area contributed by atoms with Crippen LogP contribution in [0, 0.1) is 13.8 Å². The maximum absolute atomic E-state index is 12.9. The Morgan fingerprint density at radius 2 is 1.58 bits per heavy atom. The molecule has 0 unspecified atom stereocenters. The van der Waals surface area contributed by atoms with Crippen LogP contribution in [0.3, 0.4) is 0 Å². The molecule has 0 spiro atoms. The number of carbonyl (C=O) groups excluding carboxylic acids is 2. The molecule has 8 nitrogen and oxygen atoms in total.